The highest BCUT2D eigenvalue weighted by Crippen LogP contribution is 2.07. The summed E-state index contributed by atoms with van der Waals surface area (Å²) in [6.07, 6.45) is -0.525. The van der Waals surface area contributed by atoms with Crippen molar-refractivity contribution in [2.45, 2.75) is 13.3 Å². The van der Waals surface area contributed by atoms with Crippen LogP contribution in [0.15, 0.2) is 9.59 Å². The third-order valence-electron chi connectivity index (χ3n) is 2.30. The minimum absolute atomic E-state index is 0.453. The predicted octanol–water partition coefficient (Wildman–Crippen LogP) is -1.68. The number of rotatable bonds is 3. The Labute approximate surface area is 95.9 Å². The maximum absolute atomic E-state index is 11.6. The first-order valence-corrected chi connectivity index (χ1v) is 4.77. The van der Waals surface area contributed by atoms with Crippen LogP contribution in [0.4, 0.5) is 0 Å². The van der Waals surface area contributed by atoms with E-state index in [1.54, 1.807) is 0 Å². The van der Waals surface area contributed by atoms with Crippen LogP contribution in [0.1, 0.15) is 23.7 Å². The maximum atomic E-state index is 11.6. The lowest BCUT2D eigenvalue weighted by Gasteiger charge is -2.17. The van der Waals surface area contributed by atoms with Gasteiger partial charge < -0.3 is 9.67 Å². The Morgan fingerprint density at radius 3 is 2.18 bits per heavy atom. The number of ketones is 2. The smallest absolute Gasteiger partial charge is 0.329 e. The Morgan fingerprint density at radius 2 is 1.71 bits per heavy atom. The van der Waals surface area contributed by atoms with Crippen molar-refractivity contribution in [2.75, 3.05) is 0 Å². The largest absolute Gasteiger partial charge is 0.859 e. The van der Waals surface area contributed by atoms with Crippen molar-refractivity contribution >= 4 is 11.6 Å². The minimum Gasteiger partial charge on any atom is -0.859 e. The van der Waals surface area contributed by atoms with Crippen LogP contribution < -0.4 is 16.4 Å². The van der Waals surface area contributed by atoms with Crippen LogP contribution in [0.5, 0.6) is 5.88 Å². The summed E-state index contributed by atoms with van der Waals surface area (Å²) in [4.78, 5) is 45.3. The fourth-order valence-corrected chi connectivity index (χ4v) is 1.38. The van der Waals surface area contributed by atoms with Gasteiger partial charge in [-0.25, -0.2) is 4.79 Å². The van der Waals surface area contributed by atoms with E-state index in [1.807, 2.05) is 0 Å². The highest BCUT2D eigenvalue weighted by molar-refractivity contribution is 6.08. The second kappa shape index (κ2) is 4.36. The molecule has 0 radical (unpaired) electrons. The van der Waals surface area contributed by atoms with Gasteiger partial charge in [0.15, 0.2) is 5.78 Å². The third kappa shape index (κ3) is 2.17. The highest BCUT2D eigenvalue weighted by atomic mass is 16.3. The average molecular weight is 239 g/mol. The van der Waals surface area contributed by atoms with Gasteiger partial charge in [0.2, 0.25) is 0 Å². The molecule has 0 saturated carbocycles. The van der Waals surface area contributed by atoms with Crippen LogP contribution in [0.2, 0.25) is 0 Å². The van der Waals surface area contributed by atoms with Crippen molar-refractivity contribution in [2.24, 2.45) is 14.1 Å². The molecule has 0 aliphatic carbocycles. The van der Waals surface area contributed by atoms with Gasteiger partial charge in [-0.1, -0.05) is 0 Å². The van der Waals surface area contributed by atoms with Crippen LogP contribution in [0, 0.1) is 0 Å². The molecule has 0 unspecified atom stereocenters. The lowest BCUT2D eigenvalue weighted by molar-refractivity contribution is -0.280. The van der Waals surface area contributed by atoms with E-state index < -0.39 is 40.7 Å². The van der Waals surface area contributed by atoms with Crippen molar-refractivity contribution in [1.29, 1.82) is 0 Å². The molecule has 0 saturated heterocycles. The Morgan fingerprint density at radius 1 is 1.18 bits per heavy atom. The normalized spacial score (nSPS) is 10.3. The maximum Gasteiger partial charge on any atom is 0.329 e. The summed E-state index contributed by atoms with van der Waals surface area (Å²) in [6.45, 7) is 1.18. The summed E-state index contributed by atoms with van der Waals surface area (Å²) in [5.41, 5.74) is -2.42. The number of hydrogen-bond donors (Lipinski definition) is 0. The molecular weight excluding hydrogens is 228 g/mol. The zero-order valence-corrected chi connectivity index (χ0v) is 9.64. The van der Waals surface area contributed by atoms with Gasteiger partial charge >= 0.3 is 5.69 Å². The summed E-state index contributed by atoms with van der Waals surface area (Å²) in [5, 5.41) is 11.6. The number of carbonyl (C=O) groups excluding carboxylic acids is 2. The number of nitrogens with zero attached hydrogens (tertiary/aromatic N) is 2. The minimum atomic E-state index is -0.968. The average Bonchev–Trinajstić information content (AvgIpc) is 2.23. The van der Waals surface area contributed by atoms with Crippen molar-refractivity contribution in [3.05, 3.63) is 26.4 Å². The van der Waals surface area contributed by atoms with E-state index in [2.05, 4.69) is 0 Å². The van der Waals surface area contributed by atoms with Gasteiger partial charge in [0.05, 0.1) is 12.0 Å². The van der Waals surface area contributed by atoms with Gasteiger partial charge in [0, 0.05) is 14.1 Å². The molecule has 92 valence electrons. The molecule has 0 N–H and O–H groups in total. The standard InChI is InChI=1S/C10H12N2O5/c1-5(13)4-6(14)7-8(15)11(2)10(17)12(3)9(7)16/h15H,4H2,1-3H3/p-1. The number of hydrogen-bond acceptors (Lipinski definition) is 5. The van der Waals surface area contributed by atoms with E-state index >= 15 is 0 Å². The van der Waals surface area contributed by atoms with E-state index in [0.29, 0.717) is 9.13 Å². The van der Waals surface area contributed by atoms with Crippen LogP contribution in [-0.4, -0.2) is 20.7 Å². The number of aromatic nitrogens is 2. The fraction of sp³-hybridized carbons (Fsp3) is 0.400. The Bertz CT molecular complexity index is 608. The van der Waals surface area contributed by atoms with Gasteiger partial charge in [-0.2, -0.15) is 0 Å². The monoisotopic (exact) mass is 239 g/mol. The number of Topliss-reactive ketones (excluding diaryl/α,β-unsaturated/α-hetero) is 2. The predicted molar refractivity (Wildman–Crippen MR) is 56.0 cm³/mol. The lowest BCUT2D eigenvalue weighted by Crippen LogP contribution is -2.41. The first-order chi connectivity index (χ1) is 7.77. The summed E-state index contributed by atoms with van der Waals surface area (Å²) >= 11 is 0. The molecule has 1 heterocycles. The molecule has 7 heteroatoms. The van der Waals surface area contributed by atoms with Crippen molar-refractivity contribution in [3.8, 4) is 5.88 Å². The van der Waals surface area contributed by atoms with E-state index in [9.17, 15) is 24.3 Å². The summed E-state index contributed by atoms with van der Waals surface area (Å²) in [7, 11) is 2.32. The molecule has 0 amide bonds. The van der Waals surface area contributed by atoms with Crippen molar-refractivity contribution in [3.63, 3.8) is 0 Å². The van der Waals surface area contributed by atoms with Crippen LogP contribution >= 0.6 is 0 Å². The van der Waals surface area contributed by atoms with Crippen LogP contribution in [0.25, 0.3) is 0 Å². The fourth-order valence-electron chi connectivity index (χ4n) is 1.38. The van der Waals surface area contributed by atoms with E-state index in [0.717, 1.165) is 14.1 Å². The second-order valence-corrected chi connectivity index (χ2v) is 3.69. The Kier molecular flexibility index (Phi) is 3.31. The zero-order chi connectivity index (χ0) is 13.3. The van der Waals surface area contributed by atoms with Gasteiger partial charge in [0.1, 0.15) is 5.78 Å². The lowest BCUT2D eigenvalue weighted by atomic mass is 10.1. The SMILES string of the molecule is CC(=O)CC(=O)c1c([O-])n(C)c(=O)n(C)c1=O. The van der Waals surface area contributed by atoms with Crippen LogP contribution in [0.3, 0.4) is 0 Å². The molecule has 0 spiro atoms. The number of carbonyl (C=O) groups is 2. The zero-order valence-electron chi connectivity index (χ0n) is 9.64. The van der Waals surface area contributed by atoms with Crippen molar-refractivity contribution in [1.82, 2.24) is 9.13 Å². The molecule has 7 nitrogen and oxygen atoms in total. The molecule has 17 heavy (non-hydrogen) atoms. The quantitative estimate of drug-likeness (QED) is 0.463. The van der Waals surface area contributed by atoms with Gasteiger partial charge in [-0.15, -0.1) is 0 Å². The highest BCUT2D eigenvalue weighted by Gasteiger charge is 2.17. The van der Waals surface area contributed by atoms with E-state index in [-0.39, 0.29) is 0 Å². The summed E-state index contributed by atoms with van der Waals surface area (Å²) in [6, 6.07) is 0. The van der Waals surface area contributed by atoms with Gasteiger partial charge in [-0.05, 0) is 12.8 Å². The van der Waals surface area contributed by atoms with E-state index in [1.165, 1.54) is 6.92 Å². The first-order valence-electron chi connectivity index (χ1n) is 4.77. The topological polar surface area (TPSA) is 101 Å². The summed E-state index contributed by atoms with van der Waals surface area (Å²) < 4.78 is 1.32. The second-order valence-electron chi connectivity index (χ2n) is 3.69. The molecule has 0 fully saturated rings. The van der Waals surface area contributed by atoms with Gasteiger partial charge in [0.25, 0.3) is 5.56 Å². The van der Waals surface area contributed by atoms with Crippen LogP contribution in [-0.2, 0) is 18.9 Å². The first kappa shape index (κ1) is 12.9. The Balaban J connectivity index is 3.56. The molecule has 0 bridgehead atoms. The molecule has 0 atom stereocenters. The van der Waals surface area contributed by atoms with E-state index in [4.69, 9.17) is 0 Å². The molecule has 1 rings (SSSR count). The summed E-state index contributed by atoms with van der Waals surface area (Å²) in [5.74, 6) is -2.28. The molecule has 1 aromatic heterocycles. The van der Waals surface area contributed by atoms with Gasteiger partial charge in [-0.3, -0.25) is 19.0 Å². The molecule has 0 aliphatic heterocycles. The van der Waals surface area contributed by atoms with Crippen molar-refractivity contribution < 1.29 is 14.7 Å². The molecular formula is C10H11N2O5-. The molecule has 0 aromatic carbocycles. The molecule has 0 aliphatic rings. The Hall–Kier alpha value is -2.18. The third-order valence-corrected chi connectivity index (χ3v) is 2.30. The molecule has 1 aromatic rings.